The normalized spacial score (nSPS) is 10.8. The molecule has 1 heterocycles. The summed E-state index contributed by atoms with van der Waals surface area (Å²) in [5.41, 5.74) is 2.06. The molecule has 1 aromatic heterocycles. The number of para-hydroxylation sites is 1. The van der Waals surface area contributed by atoms with Crippen LogP contribution in [0.5, 0.6) is 0 Å². The third kappa shape index (κ3) is 4.48. The molecule has 0 fully saturated rings. The average molecular weight is 400 g/mol. The maximum Gasteiger partial charge on any atom is 0.349 e. The molecule has 0 aliphatic rings. The molecule has 3 aromatic rings. The van der Waals surface area contributed by atoms with Crippen molar-refractivity contribution in [3.8, 4) is 23.0 Å². The first-order valence-corrected chi connectivity index (χ1v) is 8.83. The lowest BCUT2D eigenvalue weighted by molar-refractivity contribution is -0.384. The number of benzene rings is 2. The van der Waals surface area contributed by atoms with Gasteiger partial charge in [0.25, 0.3) is 5.69 Å². The van der Waals surface area contributed by atoms with Gasteiger partial charge in [0.2, 0.25) is 0 Å². The smallest absolute Gasteiger partial charge is 0.349 e. The summed E-state index contributed by atoms with van der Waals surface area (Å²) in [6.45, 7) is 3.45. The van der Waals surface area contributed by atoms with E-state index in [1.54, 1.807) is 23.0 Å². The van der Waals surface area contributed by atoms with Crippen LogP contribution in [-0.4, -0.2) is 27.3 Å². The van der Waals surface area contributed by atoms with Crippen LogP contribution in [0.15, 0.2) is 79.0 Å². The van der Waals surface area contributed by atoms with Gasteiger partial charge in [0, 0.05) is 29.5 Å². The molecule has 0 bridgehead atoms. The lowest BCUT2D eigenvalue weighted by Gasteiger charge is -2.01. The highest BCUT2D eigenvalue weighted by Crippen LogP contribution is 2.27. The summed E-state index contributed by atoms with van der Waals surface area (Å²) in [7, 11) is 0. The molecule has 8 nitrogen and oxygen atoms in total. The van der Waals surface area contributed by atoms with Crippen LogP contribution in [-0.2, 0) is 9.53 Å². The maximum atomic E-state index is 12.1. The largest absolute Gasteiger partial charge is 0.457 e. The highest BCUT2D eigenvalue weighted by atomic mass is 16.6. The first-order chi connectivity index (χ1) is 14.5. The first kappa shape index (κ1) is 20.2. The number of nitro benzene ring substituents is 1. The average Bonchev–Trinajstić information content (AvgIpc) is 3.20. The number of ether oxygens (including phenoxy) is 1. The van der Waals surface area contributed by atoms with E-state index in [1.165, 1.54) is 24.3 Å². The van der Waals surface area contributed by atoms with E-state index in [4.69, 9.17) is 4.74 Å². The fraction of sp³-hybridized carbons (Fsp3) is 0.0455. The third-order valence-corrected chi connectivity index (χ3v) is 4.09. The van der Waals surface area contributed by atoms with E-state index in [0.29, 0.717) is 16.8 Å². The summed E-state index contributed by atoms with van der Waals surface area (Å²) >= 11 is 0. The molecule has 0 saturated carbocycles. The van der Waals surface area contributed by atoms with Crippen molar-refractivity contribution in [3.05, 3.63) is 94.7 Å². The van der Waals surface area contributed by atoms with E-state index in [9.17, 15) is 20.2 Å². The van der Waals surface area contributed by atoms with Crippen LogP contribution < -0.4 is 0 Å². The number of rotatable bonds is 7. The molecule has 8 heteroatoms. The topological polar surface area (TPSA) is 111 Å². The molecule has 3 rings (SSSR count). The minimum Gasteiger partial charge on any atom is -0.457 e. The molecule has 30 heavy (non-hydrogen) atoms. The van der Waals surface area contributed by atoms with Crippen LogP contribution in [0.25, 0.3) is 23.0 Å². The molecule has 0 amide bonds. The molecule has 0 radical (unpaired) electrons. The van der Waals surface area contributed by atoms with Gasteiger partial charge in [-0.05, 0) is 30.3 Å². The summed E-state index contributed by atoms with van der Waals surface area (Å²) in [5.74, 6) is -0.778. The van der Waals surface area contributed by atoms with Crippen molar-refractivity contribution in [1.82, 2.24) is 9.78 Å². The molecule has 0 unspecified atom stereocenters. The number of nitrogens with zero attached hydrogens (tertiary/aromatic N) is 4. The number of nitriles is 1. The Morgan fingerprint density at radius 3 is 2.53 bits per heavy atom. The van der Waals surface area contributed by atoms with Crippen LogP contribution in [0, 0.1) is 21.4 Å². The molecular weight excluding hydrogens is 384 g/mol. The SMILES string of the molecule is C=CCOC(=O)/C(C#N)=C/c1cn(-c2ccccc2)nc1-c1ccc([N+](=O)[O-])cc1. The van der Waals surface area contributed by atoms with Gasteiger partial charge >= 0.3 is 5.97 Å². The molecule has 0 saturated heterocycles. The summed E-state index contributed by atoms with van der Waals surface area (Å²) < 4.78 is 6.55. The van der Waals surface area contributed by atoms with Gasteiger partial charge in [-0.2, -0.15) is 10.4 Å². The van der Waals surface area contributed by atoms with E-state index in [-0.39, 0.29) is 17.9 Å². The van der Waals surface area contributed by atoms with Gasteiger partial charge in [0.15, 0.2) is 0 Å². The number of hydrogen-bond donors (Lipinski definition) is 0. The highest BCUT2D eigenvalue weighted by Gasteiger charge is 2.16. The second-order valence-electron chi connectivity index (χ2n) is 6.07. The van der Waals surface area contributed by atoms with Crippen molar-refractivity contribution in [2.45, 2.75) is 0 Å². The molecule has 148 valence electrons. The fourth-order valence-corrected chi connectivity index (χ4v) is 2.68. The molecule has 2 aromatic carbocycles. The predicted molar refractivity (Wildman–Crippen MR) is 110 cm³/mol. The van der Waals surface area contributed by atoms with Crippen molar-refractivity contribution in [3.63, 3.8) is 0 Å². The Labute approximate surface area is 172 Å². The second kappa shape index (κ2) is 9.12. The molecule has 0 N–H and O–H groups in total. The van der Waals surface area contributed by atoms with Crippen molar-refractivity contribution in [2.75, 3.05) is 6.61 Å². The molecule has 0 spiro atoms. The monoisotopic (exact) mass is 400 g/mol. The number of carbonyl (C=O) groups is 1. The standard InChI is InChI=1S/C22H16N4O4/c1-2-12-30-22(27)17(14-23)13-18-15-25(19-6-4-3-5-7-19)24-21(18)16-8-10-20(11-9-16)26(28)29/h2-11,13,15H,1,12H2/b17-13+. The van der Waals surface area contributed by atoms with Crippen LogP contribution in [0.3, 0.4) is 0 Å². The van der Waals surface area contributed by atoms with Crippen LogP contribution in [0.1, 0.15) is 5.56 Å². The minimum absolute atomic E-state index is 0.0175. The van der Waals surface area contributed by atoms with Crippen molar-refractivity contribution in [2.24, 2.45) is 0 Å². The zero-order valence-electron chi connectivity index (χ0n) is 15.8. The Bertz CT molecular complexity index is 1160. The number of hydrogen-bond acceptors (Lipinski definition) is 6. The maximum absolute atomic E-state index is 12.1. The summed E-state index contributed by atoms with van der Waals surface area (Å²) in [6, 6.07) is 17.0. The van der Waals surface area contributed by atoms with Gasteiger partial charge in [-0.25, -0.2) is 9.48 Å². The van der Waals surface area contributed by atoms with Crippen LogP contribution in [0.4, 0.5) is 5.69 Å². The quantitative estimate of drug-likeness (QED) is 0.147. The highest BCUT2D eigenvalue weighted by molar-refractivity contribution is 5.98. The molecule has 0 atom stereocenters. The van der Waals surface area contributed by atoms with Crippen LogP contribution >= 0.6 is 0 Å². The van der Waals surface area contributed by atoms with Crippen LogP contribution in [0.2, 0.25) is 0 Å². The van der Waals surface area contributed by atoms with E-state index in [1.807, 2.05) is 36.4 Å². The minimum atomic E-state index is -0.778. The van der Waals surface area contributed by atoms with Gasteiger partial charge in [0.05, 0.1) is 10.6 Å². The third-order valence-electron chi connectivity index (χ3n) is 4.09. The van der Waals surface area contributed by atoms with E-state index >= 15 is 0 Å². The Hall–Kier alpha value is -4.51. The Morgan fingerprint density at radius 2 is 1.93 bits per heavy atom. The Balaban J connectivity index is 2.10. The lowest BCUT2D eigenvalue weighted by Crippen LogP contribution is -2.06. The van der Waals surface area contributed by atoms with E-state index in [2.05, 4.69) is 11.7 Å². The van der Waals surface area contributed by atoms with Gasteiger partial charge in [-0.3, -0.25) is 10.1 Å². The van der Waals surface area contributed by atoms with E-state index in [0.717, 1.165) is 5.69 Å². The number of nitro groups is 1. The summed E-state index contributed by atoms with van der Waals surface area (Å²) in [5, 5.41) is 24.9. The van der Waals surface area contributed by atoms with Crippen molar-refractivity contribution >= 4 is 17.7 Å². The van der Waals surface area contributed by atoms with Crippen molar-refractivity contribution in [1.29, 1.82) is 5.26 Å². The number of esters is 1. The van der Waals surface area contributed by atoms with Gasteiger partial charge in [-0.15, -0.1) is 0 Å². The Kier molecular flexibility index (Phi) is 6.15. The summed E-state index contributed by atoms with van der Waals surface area (Å²) in [4.78, 5) is 22.6. The fourth-order valence-electron chi connectivity index (χ4n) is 2.68. The van der Waals surface area contributed by atoms with Gasteiger partial charge < -0.3 is 4.74 Å². The van der Waals surface area contributed by atoms with Gasteiger partial charge in [0.1, 0.15) is 23.9 Å². The zero-order valence-corrected chi connectivity index (χ0v) is 15.8. The Morgan fingerprint density at radius 1 is 1.23 bits per heavy atom. The van der Waals surface area contributed by atoms with Gasteiger partial charge in [-0.1, -0.05) is 30.9 Å². The zero-order chi connectivity index (χ0) is 21.5. The molecule has 0 aliphatic heterocycles. The second-order valence-corrected chi connectivity index (χ2v) is 6.07. The molecule has 0 aliphatic carbocycles. The number of aromatic nitrogens is 2. The predicted octanol–water partition coefficient (Wildman–Crippen LogP) is 4.08. The molecular formula is C22H16N4O4. The number of non-ortho nitro benzene ring substituents is 1. The summed E-state index contributed by atoms with van der Waals surface area (Å²) in [6.07, 6.45) is 4.46. The van der Waals surface area contributed by atoms with E-state index < -0.39 is 10.9 Å². The first-order valence-electron chi connectivity index (χ1n) is 8.83. The lowest BCUT2D eigenvalue weighted by atomic mass is 10.1. The number of carbonyl (C=O) groups excluding carboxylic acids is 1. The van der Waals surface area contributed by atoms with Crippen molar-refractivity contribution < 1.29 is 14.5 Å².